The first kappa shape index (κ1) is 9.26. The standard InChI is InChI=1S/C7H13NO2.ClH/c9-6-3-4-1-2-5(8-4)7(6)10;/h4-10H,1-3H2;1H/t4-,5+,6-,7+;/m0./s1. The van der Waals surface area contributed by atoms with Crippen molar-refractivity contribution < 1.29 is 10.2 Å². The molecule has 0 unspecified atom stereocenters. The second-order valence-corrected chi connectivity index (χ2v) is 3.34. The predicted octanol–water partition coefficient (Wildman–Crippen LogP) is -0.346. The zero-order chi connectivity index (χ0) is 7.14. The first-order valence-electron chi connectivity index (χ1n) is 3.89. The Labute approximate surface area is 72.2 Å². The molecule has 0 aromatic heterocycles. The van der Waals surface area contributed by atoms with Crippen molar-refractivity contribution in [2.24, 2.45) is 0 Å². The molecule has 2 heterocycles. The molecule has 2 rings (SSSR count). The molecule has 2 bridgehead atoms. The van der Waals surface area contributed by atoms with Crippen LogP contribution in [0.1, 0.15) is 19.3 Å². The summed E-state index contributed by atoms with van der Waals surface area (Å²) in [7, 11) is 0. The van der Waals surface area contributed by atoms with E-state index in [1.807, 2.05) is 0 Å². The topological polar surface area (TPSA) is 52.5 Å². The summed E-state index contributed by atoms with van der Waals surface area (Å²) < 4.78 is 0. The molecule has 0 saturated carbocycles. The van der Waals surface area contributed by atoms with Crippen LogP contribution >= 0.6 is 12.4 Å². The van der Waals surface area contributed by atoms with Gasteiger partial charge in [-0.25, -0.2) is 0 Å². The highest BCUT2D eigenvalue weighted by atomic mass is 35.5. The lowest BCUT2D eigenvalue weighted by atomic mass is 10.00. The van der Waals surface area contributed by atoms with Crippen LogP contribution in [0.25, 0.3) is 0 Å². The molecule has 3 nitrogen and oxygen atoms in total. The molecule has 0 aromatic rings. The van der Waals surface area contributed by atoms with Gasteiger partial charge in [-0.15, -0.1) is 12.4 Å². The molecule has 2 fully saturated rings. The maximum atomic E-state index is 9.35. The van der Waals surface area contributed by atoms with E-state index >= 15 is 0 Å². The van der Waals surface area contributed by atoms with Gasteiger partial charge in [0, 0.05) is 12.1 Å². The van der Waals surface area contributed by atoms with Crippen molar-refractivity contribution in [1.29, 1.82) is 0 Å². The van der Waals surface area contributed by atoms with Crippen molar-refractivity contribution in [3.05, 3.63) is 0 Å². The SMILES string of the molecule is Cl.O[C@H]1[C@@H](O)C[C@@H]2CC[C@H]1N2. The van der Waals surface area contributed by atoms with Crippen LogP contribution in [0, 0.1) is 0 Å². The van der Waals surface area contributed by atoms with Crippen LogP contribution in [0.3, 0.4) is 0 Å². The largest absolute Gasteiger partial charge is 0.390 e. The lowest BCUT2D eigenvalue weighted by Crippen LogP contribution is -2.51. The molecule has 0 aliphatic carbocycles. The van der Waals surface area contributed by atoms with Gasteiger partial charge < -0.3 is 15.5 Å². The van der Waals surface area contributed by atoms with Crippen LogP contribution in [-0.4, -0.2) is 34.5 Å². The Hall–Kier alpha value is 0.170. The maximum absolute atomic E-state index is 9.35. The van der Waals surface area contributed by atoms with E-state index in [2.05, 4.69) is 5.32 Å². The third kappa shape index (κ3) is 1.51. The highest BCUT2D eigenvalue weighted by Gasteiger charge is 2.39. The number of aliphatic hydroxyl groups excluding tert-OH is 2. The first-order valence-corrected chi connectivity index (χ1v) is 3.89. The van der Waals surface area contributed by atoms with Gasteiger partial charge in [-0.2, -0.15) is 0 Å². The minimum absolute atomic E-state index is 0. The second kappa shape index (κ2) is 3.27. The van der Waals surface area contributed by atoms with Crippen LogP contribution in [-0.2, 0) is 0 Å². The molecule has 2 aliphatic rings. The lowest BCUT2D eigenvalue weighted by molar-refractivity contribution is -0.0237. The minimum atomic E-state index is -0.529. The van der Waals surface area contributed by atoms with Crippen LogP contribution in [0.5, 0.6) is 0 Å². The quantitative estimate of drug-likeness (QED) is 0.477. The molecule has 0 aromatic carbocycles. The van der Waals surface area contributed by atoms with Crippen molar-refractivity contribution in [2.75, 3.05) is 0 Å². The van der Waals surface area contributed by atoms with Crippen molar-refractivity contribution in [3.63, 3.8) is 0 Å². The third-order valence-corrected chi connectivity index (χ3v) is 2.61. The summed E-state index contributed by atoms with van der Waals surface area (Å²) in [6.07, 6.45) is 1.83. The number of fused-ring (bicyclic) bond motifs is 2. The van der Waals surface area contributed by atoms with Gasteiger partial charge in [0.15, 0.2) is 0 Å². The van der Waals surface area contributed by atoms with Gasteiger partial charge >= 0.3 is 0 Å². The summed E-state index contributed by atoms with van der Waals surface area (Å²) >= 11 is 0. The van der Waals surface area contributed by atoms with E-state index in [-0.39, 0.29) is 18.4 Å². The highest BCUT2D eigenvalue weighted by Crippen LogP contribution is 2.26. The van der Waals surface area contributed by atoms with Crippen molar-refractivity contribution in [3.8, 4) is 0 Å². The van der Waals surface area contributed by atoms with Crippen LogP contribution < -0.4 is 5.32 Å². The van der Waals surface area contributed by atoms with E-state index in [9.17, 15) is 10.2 Å². The average molecular weight is 180 g/mol. The number of hydrogen-bond donors (Lipinski definition) is 3. The molecular formula is C7H14ClNO2. The fourth-order valence-corrected chi connectivity index (χ4v) is 2.00. The molecule has 0 amide bonds. The zero-order valence-electron chi connectivity index (χ0n) is 6.23. The average Bonchev–Trinajstić information content (AvgIpc) is 2.29. The summed E-state index contributed by atoms with van der Waals surface area (Å²) in [5.74, 6) is 0. The Kier molecular flexibility index (Phi) is 2.75. The number of rotatable bonds is 0. The summed E-state index contributed by atoms with van der Waals surface area (Å²) in [6.45, 7) is 0. The minimum Gasteiger partial charge on any atom is -0.390 e. The number of nitrogens with one attached hydrogen (secondary N) is 1. The molecular weight excluding hydrogens is 166 g/mol. The van der Waals surface area contributed by atoms with Gasteiger partial charge in [-0.3, -0.25) is 0 Å². The van der Waals surface area contributed by atoms with Gasteiger partial charge in [0.2, 0.25) is 0 Å². The van der Waals surface area contributed by atoms with Crippen molar-refractivity contribution in [1.82, 2.24) is 5.32 Å². The lowest BCUT2D eigenvalue weighted by Gasteiger charge is -2.30. The van der Waals surface area contributed by atoms with Crippen LogP contribution in [0.4, 0.5) is 0 Å². The Balaban J connectivity index is 0.000000605. The molecule has 2 saturated heterocycles. The molecule has 0 radical (unpaired) electrons. The molecule has 0 spiro atoms. The van der Waals surface area contributed by atoms with Crippen LogP contribution in [0.15, 0.2) is 0 Å². The molecule has 11 heavy (non-hydrogen) atoms. The van der Waals surface area contributed by atoms with E-state index in [0.717, 1.165) is 19.3 Å². The number of halogens is 1. The Morgan fingerprint density at radius 2 is 1.91 bits per heavy atom. The van der Waals surface area contributed by atoms with Crippen molar-refractivity contribution >= 4 is 12.4 Å². The molecule has 4 heteroatoms. The zero-order valence-corrected chi connectivity index (χ0v) is 7.05. The maximum Gasteiger partial charge on any atom is 0.0952 e. The second-order valence-electron chi connectivity index (χ2n) is 3.34. The number of piperidine rings is 1. The van der Waals surface area contributed by atoms with Gasteiger partial charge in [0.25, 0.3) is 0 Å². The predicted molar refractivity (Wildman–Crippen MR) is 43.8 cm³/mol. The summed E-state index contributed by atoms with van der Waals surface area (Å²) in [5.41, 5.74) is 0. The van der Waals surface area contributed by atoms with E-state index < -0.39 is 12.2 Å². The normalized spacial score (nSPS) is 48.5. The third-order valence-electron chi connectivity index (χ3n) is 2.61. The highest BCUT2D eigenvalue weighted by molar-refractivity contribution is 5.85. The summed E-state index contributed by atoms with van der Waals surface area (Å²) in [6, 6.07) is 0.622. The Morgan fingerprint density at radius 1 is 1.18 bits per heavy atom. The number of hydrogen-bond acceptors (Lipinski definition) is 3. The first-order chi connectivity index (χ1) is 4.77. The molecule has 4 atom stereocenters. The van der Waals surface area contributed by atoms with Crippen molar-refractivity contribution in [2.45, 2.75) is 43.6 Å². The Morgan fingerprint density at radius 3 is 2.64 bits per heavy atom. The van der Waals surface area contributed by atoms with Crippen LogP contribution in [0.2, 0.25) is 0 Å². The van der Waals surface area contributed by atoms with Gasteiger partial charge in [0.05, 0.1) is 12.2 Å². The molecule has 3 N–H and O–H groups in total. The molecule has 2 aliphatic heterocycles. The monoisotopic (exact) mass is 179 g/mol. The van der Waals surface area contributed by atoms with E-state index in [0.29, 0.717) is 6.04 Å². The van der Waals surface area contributed by atoms with E-state index in [1.165, 1.54) is 0 Å². The molecule has 66 valence electrons. The fourth-order valence-electron chi connectivity index (χ4n) is 2.00. The van der Waals surface area contributed by atoms with E-state index in [4.69, 9.17) is 0 Å². The summed E-state index contributed by atoms with van der Waals surface area (Å²) in [5, 5.41) is 21.9. The van der Waals surface area contributed by atoms with Gasteiger partial charge in [-0.1, -0.05) is 0 Å². The van der Waals surface area contributed by atoms with Gasteiger partial charge in [0.1, 0.15) is 0 Å². The smallest absolute Gasteiger partial charge is 0.0952 e. The van der Waals surface area contributed by atoms with Gasteiger partial charge in [-0.05, 0) is 19.3 Å². The Bertz CT molecular complexity index is 144. The number of aliphatic hydroxyl groups is 2. The summed E-state index contributed by atoms with van der Waals surface area (Å²) in [4.78, 5) is 0. The fraction of sp³-hybridized carbons (Fsp3) is 1.00. The van der Waals surface area contributed by atoms with E-state index in [1.54, 1.807) is 0 Å².